The average molecular weight is 474 g/mol. The third-order valence-corrected chi connectivity index (χ3v) is 6.47. The van der Waals surface area contributed by atoms with Crippen molar-refractivity contribution in [1.82, 2.24) is 4.90 Å². The molecule has 4 rings (SSSR count). The predicted molar refractivity (Wildman–Crippen MR) is 122 cm³/mol. The van der Waals surface area contributed by atoms with E-state index in [0.29, 0.717) is 29.0 Å². The lowest BCUT2D eigenvalue weighted by molar-refractivity contribution is 0.218. The Kier molecular flexibility index (Phi) is 5.94. The third kappa shape index (κ3) is 4.90. The maximum atomic E-state index is 14.2. The number of sulfonamides is 1. The van der Waals surface area contributed by atoms with Crippen molar-refractivity contribution in [3.8, 4) is 22.6 Å². The molecule has 7 nitrogen and oxygen atoms in total. The second-order valence-corrected chi connectivity index (χ2v) is 9.56. The van der Waals surface area contributed by atoms with Gasteiger partial charge in [0.05, 0.1) is 5.75 Å². The molecule has 0 aromatic heterocycles. The van der Waals surface area contributed by atoms with Crippen LogP contribution in [-0.4, -0.2) is 32.1 Å². The van der Waals surface area contributed by atoms with Gasteiger partial charge in [-0.3, -0.25) is 4.72 Å². The fraction of sp³-hybridized carbons (Fsp3) is 0.174. The minimum atomic E-state index is -3.53. The maximum Gasteiger partial charge on any atom is 0.321 e. The first kappa shape index (κ1) is 22.5. The summed E-state index contributed by atoms with van der Waals surface area (Å²) < 4.78 is 59.9. The van der Waals surface area contributed by atoms with Crippen molar-refractivity contribution < 1.29 is 26.7 Å². The Morgan fingerprint density at radius 2 is 1.82 bits per heavy atom. The summed E-state index contributed by atoms with van der Waals surface area (Å²) in [5.74, 6) is -1.64. The summed E-state index contributed by atoms with van der Waals surface area (Å²) >= 11 is 0. The van der Waals surface area contributed by atoms with Crippen molar-refractivity contribution in [3.05, 3.63) is 71.8 Å². The first-order chi connectivity index (χ1) is 15.6. The van der Waals surface area contributed by atoms with Gasteiger partial charge in [-0.25, -0.2) is 22.0 Å². The Morgan fingerprint density at radius 1 is 1.06 bits per heavy atom. The van der Waals surface area contributed by atoms with E-state index < -0.39 is 21.7 Å². The molecule has 0 spiro atoms. The summed E-state index contributed by atoms with van der Waals surface area (Å²) in [5.41, 5.74) is 2.96. The van der Waals surface area contributed by atoms with Gasteiger partial charge in [0, 0.05) is 36.6 Å². The number of nitrogens with zero attached hydrogens (tertiary/aromatic N) is 1. The van der Waals surface area contributed by atoms with E-state index in [-0.39, 0.29) is 23.3 Å². The quantitative estimate of drug-likeness (QED) is 0.518. The van der Waals surface area contributed by atoms with Gasteiger partial charge in [-0.05, 0) is 60.5 Å². The maximum absolute atomic E-state index is 14.2. The van der Waals surface area contributed by atoms with Crippen LogP contribution in [0.1, 0.15) is 12.5 Å². The summed E-state index contributed by atoms with van der Waals surface area (Å²) in [6.07, 6.45) is 0. The Bertz CT molecular complexity index is 1350. The highest BCUT2D eigenvalue weighted by Gasteiger charge is 2.21. The SMILES string of the molecule is CCS(=O)(=O)Nc1ccc(Oc2ccc(F)cc2F)c(-c2ccc3c(c2)CN(C)C(=O)N3)c1. The number of carbonyl (C=O) groups excluding carboxylic acids is 1. The molecule has 0 atom stereocenters. The molecule has 0 saturated heterocycles. The Hall–Kier alpha value is -3.66. The number of amides is 2. The molecule has 1 heterocycles. The molecular formula is C23H21F2N3O4S. The standard InChI is InChI=1S/C23H21F2N3O4S/c1-3-33(30,31)27-17-6-9-21(32-22-8-5-16(24)11-19(22)25)18(12-17)14-4-7-20-15(10-14)13-28(2)23(29)26-20/h4-12,27H,3,13H2,1-2H3,(H,26,29). The molecule has 0 unspecified atom stereocenters. The van der Waals surface area contributed by atoms with E-state index >= 15 is 0 Å². The van der Waals surface area contributed by atoms with Gasteiger partial charge in [0.2, 0.25) is 10.0 Å². The Labute approximate surface area is 190 Å². The number of anilines is 2. The zero-order chi connectivity index (χ0) is 23.8. The van der Waals surface area contributed by atoms with Gasteiger partial charge in [-0.15, -0.1) is 0 Å². The molecule has 0 fully saturated rings. The zero-order valence-electron chi connectivity index (χ0n) is 17.9. The van der Waals surface area contributed by atoms with Crippen LogP contribution >= 0.6 is 0 Å². The number of urea groups is 1. The predicted octanol–water partition coefficient (Wildman–Crippen LogP) is 5.16. The van der Waals surface area contributed by atoms with E-state index in [2.05, 4.69) is 10.0 Å². The lowest BCUT2D eigenvalue weighted by Gasteiger charge is -2.26. The summed E-state index contributed by atoms with van der Waals surface area (Å²) in [5, 5.41) is 2.78. The number of hydrogen-bond acceptors (Lipinski definition) is 4. The highest BCUT2D eigenvalue weighted by atomic mass is 32.2. The molecule has 1 aliphatic heterocycles. The number of fused-ring (bicyclic) bond motifs is 1. The number of nitrogens with one attached hydrogen (secondary N) is 2. The van der Waals surface area contributed by atoms with E-state index in [1.165, 1.54) is 30.0 Å². The van der Waals surface area contributed by atoms with E-state index in [0.717, 1.165) is 17.7 Å². The zero-order valence-corrected chi connectivity index (χ0v) is 18.7. The van der Waals surface area contributed by atoms with Gasteiger partial charge in [0.15, 0.2) is 11.6 Å². The monoisotopic (exact) mass is 473 g/mol. The number of carbonyl (C=O) groups is 1. The molecule has 0 aliphatic carbocycles. The van der Waals surface area contributed by atoms with Crippen LogP contribution in [0.5, 0.6) is 11.5 Å². The molecule has 0 saturated carbocycles. The molecule has 2 amide bonds. The average Bonchev–Trinajstić information content (AvgIpc) is 2.77. The van der Waals surface area contributed by atoms with Gasteiger partial charge in [-0.2, -0.15) is 0 Å². The van der Waals surface area contributed by atoms with Crippen molar-refractivity contribution in [1.29, 1.82) is 0 Å². The van der Waals surface area contributed by atoms with Gasteiger partial charge in [-0.1, -0.05) is 6.07 Å². The van der Waals surface area contributed by atoms with Crippen LogP contribution < -0.4 is 14.8 Å². The Morgan fingerprint density at radius 3 is 2.55 bits per heavy atom. The Balaban J connectivity index is 1.79. The van der Waals surface area contributed by atoms with Crippen LogP contribution in [0.15, 0.2) is 54.6 Å². The molecule has 0 bridgehead atoms. The lowest BCUT2D eigenvalue weighted by Crippen LogP contribution is -2.35. The van der Waals surface area contributed by atoms with Crippen molar-refractivity contribution in [3.63, 3.8) is 0 Å². The van der Waals surface area contributed by atoms with Crippen LogP contribution in [0.2, 0.25) is 0 Å². The van der Waals surface area contributed by atoms with Gasteiger partial charge in [0.25, 0.3) is 0 Å². The first-order valence-corrected chi connectivity index (χ1v) is 11.7. The van der Waals surface area contributed by atoms with E-state index in [1.807, 2.05) is 6.07 Å². The molecule has 2 N–H and O–H groups in total. The molecule has 172 valence electrons. The van der Waals surface area contributed by atoms with Crippen molar-refractivity contribution in [2.45, 2.75) is 13.5 Å². The highest BCUT2D eigenvalue weighted by Crippen LogP contribution is 2.38. The lowest BCUT2D eigenvalue weighted by atomic mass is 9.99. The number of hydrogen-bond donors (Lipinski definition) is 2. The first-order valence-electron chi connectivity index (χ1n) is 10.1. The molecule has 0 radical (unpaired) electrons. The molecule has 1 aliphatic rings. The van der Waals surface area contributed by atoms with Crippen LogP contribution in [0, 0.1) is 11.6 Å². The van der Waals surface area contributed by atoms with Crippen LogP contribution in [0.25, 0.3) is 11.1 Å². The van der Waals surface area contributed by atoms with Crippen molar-refractivity contribution in [2.24, 2.45) is 0 Å². The number of benzene rings is 3. The minimum absolute atomic E-state index is 0.105. The summed E-state index contributed by atoms with van der Waals surface area (Å²) in [6.45, 7) is 1.90. The fourth-order valence-electron chi connectivity index (χ4n) is 3.39. The normalized spacial score (nSPS) is 13.3. The number of halogens is 2. The summed E-state index contributed by atoms with van der Waals surface area (Å²) in [4.78, 5) is 13.4. The fourth-order valence-corrected chi connectivity index (χ4v) is 4.02. The second-order valence-electron chi connectivity index (χ2n) is 7.55. The highest BCUT2D eigenvalue weighted by molar-refractivity contribution is 7.92. The molecule has 3 aromatic rings. The molecule has 10 heteroatoms. The van der Waals surface area contributed by atoms with Gasteiger partial charge in [0.1, 0.15) is 11.6 Å². The number of ether oxygens (including phenoxy) is 1. The van der Waals surface area contributed by atoms with Crippen LogP contribution in [0.3, 0.4) is 0 Å². The largest absolute Gasteiger partial charge is 0.454 e. The van der Waals surface area contributed by atoms with Crippen molar-refractivity contribution >= 4 is 27.4 Å². The van der Waals surface area contributed by atoms with Crippen LogP contribution in [0.4, 0.5) is 25.0 Å². The topological polar surface area (TPSA) is 87.7 Å². The molecule has 33 heavy (non-hydrogen) atoms. The van der Waals surface area contributed by atoms with Gasteiger partial charge < -0.3 is 15.0 Å². The smallest absolute Gasteiger partial charge is 0.321 e. The minimum Gasteiger partial charge on any atom is -0.454 e. The third-order valence-electron chi connectivity index (χ3n) is 5.16. The van der Waals surface area contributed by atoms with E-state index in [4.69, 9.17) is 4.74 Å². The van der Waals surface area contributed by atoms with Crippen molar-refractivity contribution in [2.75, 3.05) is 22.8 Å². The van der Waals surface area contributed by atoms with Gasteiger partial charge >= 0.3 is 6.03 Å². The second kappa shape index (κ2) is 8.70. The molecular weight excluding hydrogens is 452 g/mol. The molecule has 3 aromatic carbocycles. The van der Waals surface area contributed by atoms with E-state index in [9.17, 15) is 22.0 Å². The number of rotatable bonds is 6. The van der Waals surface area contributed by atoms with E-state index in [1.54, 1.807) is 25.2 Å². The summed E-state index contributed by atoms with van der Waals surface area (Å²) in [7, 11) is -1.87. The van der Waals surface area contributed by atoms with Crippen LogP contribution in [-0.2, 0) is 16.6 Å². The summed E-state index contributed by atoms with van der Waals surface area (Å²) in [6, 6.07) is 12.7.